The molecule has 0 aliphatic carbocycles. The summed E-state index contributed by atoms with van der Waals surface area (Å²) in [4.78, 5) is 3.45. The zero-order valence-corrected chi connectivity index (χ0v) is 12.2. The first-order valence-corrected chi connectivity index (χ1v) is 7.19. The van der Waals surface area contributed by atoms with Crippen LogP contribution in [-0.4, -0.2) is 4.98 Å². The highest BCUT2D eigenvalue weighted by molar-refractivity contribution is 9.10. The molecule has 92 valence electrons. The van der Waals surface area contributed by atoms with Crippen molar-refractivity contribution in [2.75, 3.05) is 0 Å². The van der Waals surface area contributed by atoms with Crippen LogP contribution in [0.1, 0.15) is 0 Å². The molecule has 0 fully saturated rings. The van der Waals surface area contributed by atoms with Gasteiger partial charge in [0.25, 0.3) is 0 Å². The van der Waals surface area contributed by atoms with E-state index in [2.05, 4.69) is 51.2 Å². The minimum atomic E-state index is 0.764. The van der Waals surface area contributed by atoms with E-state index in [0.29, 0.717) is 0 Å². The zero-order valence-electron chi connectivity index (χ0n) is 9.87. The van der Waals surface area contributed by atoms with Gasteiger partial charge in [0, 0.05) is 31.3 Å². The molecule has 0 radical (unpaired) electrons. The summed E-state index contributed by atoms with van der Waals surface area (Å²) in [5.74, 6) is 0. The second-order valence-corrected chi connectivity index (χ2v) is 5.93. The lowest BCUT2D eigenvalue weighted by Gasteiger charge is -2.03. The first-order valence-electron chi connectivity index (χ1n) is 6.02. The molecule has 0 amide bonds. The van der Waals surface area contributed by atoms with Crippen molar-refractivity contribution in [2.24, 2.45) is 0 Å². The molecule has 3 heteroatoms. The van der Waals surface area contributed by atoms with Crippen molar-refractivity contribution in [3.63, 3.8) is 0 Å². The fourth-order valence-electron chi connectivity index (χ4n) is 2.70. The fourth-order valence-corrected chi connectivity index (χ4v) is 3.44. The minimum Gasteiger partial charge on any atom is -0.354 e. The molecule has 1 aromatic heterocycles. The smallest absolute Gasteiger partial charge is 0.0482 e. The van der Waals surface area contributed by atoms with Crippen LogP contribution in [0, 0.1) is 0 Å². The number of fused-ring (bicyclic) bond motifs is 5. The molecule has 0 saturated carbocycles. The topological polar surface area (TPSA) is 15.8 Å². The molecule has 0 spiro atoms. The molecule has 19 heavy (non-hydrogen) atoms. The maximum absolute atomic E-state index is 6.14. The first-order chi connectivity index (χ1) is 9.24. The van der Waals surface area contributed by atoms with E-state index in [-0.39, 0.29) is 0 Å². The minimum absolute atomic E-state index is 0.764. The molecule has 3 aromatic carbocycles. The second kappa shape index (κ2) is 3.99. The molecule has 0 aliphatic rings. The third-order valence-corrected chi connectivity index (χ3v) is 4.41. The van der Waals surface area contributed by atoms with Gasteiger partial charge in [-0.25, -0.2) is 0 Å². The van der Waals surface area contributed by atoms with Gasteiger partial charge in [-0.1, -0.05) is 51.8 Å². The average Bonchev–Trinajstić information content (AvgIpc) is 2.76. The van der Waals surface area contributed by atoms with Crippen LogP contribution in [0.3, 0.4) is 0 Å². The largest absolute Gasteiger partial charge is 0.354 e. The Hall–Kier alpha value is -1.51. The van der Waals surface area contributed by atoms with E-state index in [1.165, 1.54) is 21.5 Å². The van der Waals surface area contributed by atoms with Crippen molar-refractivity contribution in [3.8, 4) is 0 Å². The molecular formula is C16H9BrClN. The molecule has 0 aliphatic heterocycles. The van der Waals surface area contributed by atoms with Crippen LogP contribution in [0.25, 0.3) is 32.6 Å². The van der Waals surface area contributed by atoms with Gasteiger partial charge in [-0.3, -0.25) is 0 Å². The monoisotopic (exact) mass is 329 g/mol. The predicted octanol–water partition coefficient (Wildman–Crippen LogP) is 5.89. The predicted molar refractivity (Wildman–Crippen MR) is 86.0 cm³/mol. The van der Waals surface area contributed by atoms with Crippen LogP contribution in [-0.2, 0) is 0 Å². The molecule has 0 unspecified atom stereocenters. The van der Waals surface area contributed by atoms with Crippen LogP contribution >= 0.6 is 27.5 Å². The third-order valence-electron chi connectivity index (χ3n) is 3.51. The van der Waals surface area contributed by atoms with Crippen LogP contribution in [0.5, 0.6) is 0 Å². The van der Waals surface area contributed by atoms with Gasteiger partial charge in [0.1, 0.15) is 0 Å². The summed E-state index contributed by atoms with van der Waals surface area (Å²) < 4.78 is 1.10. The van der Waals surface area contributed by atoms with E-state index in [1.54, 1.807) is 0 Å². The summed E-state index contributed by atoms with van der Waals surface area (Å²) >= 11 is 9.78. The Balaban J connectivity index is 2.36. The van der Waals surface area contributed by atoms with E-state index in [1.807, 2.05) is 18.2 Å². The van der Waals surface area contributed by atoms with Gasteiger partial charge >= 0.3 is 0 Å². The molecule has 0 saturated heterocycles. The normalized spacial score (nSPS) is 11.7. The van der Waals surface area contributed by atoms with Gasteiger partial charge in [-0.15, -0.1) is 0 Å². The quantitative estimate of drug-likeness (QED) is 0.414. The number of benzene rings is 3. The number of hydrogen-bond acceptors (Lipinski definition) is 0. The summed E-state index contributed by atoms with van der Waals surface area (Å²) in [6.45, 7) is 0. The molecule has 1 N–H and O–H groups in total. The maximum Gasteiger partial charge on any atom is 0.0482 e. The van der Waals surface area contributed by atoms with E-state index < -0.39 is 0 Å². The molecule has 4 aromatic rings. The highest BCUT2D eigenvalue weighted by atomic mass is 79.9. The number of hydrogen-bond donors (Lipinski definition) is 1. The van der Waals surface area contributed by atoms with E-state index in [4.69, 9.17) is 11.6 Å². The number of H-pyrrole nitrogens is 1. The Morgan fingerprint density at radius 1 is 0.842 bits per heavy atom. The molecule has 1 heterocycles. The van der Waals surface area contributed by atoms with Gasteiger partial charge < -0.3 is 4.98 Å². The van der Waals surface area contributed by atoms with Crippen molar-refractivity contribution in [2.45, 2.75) is 0 Å². The Morgan fingerprint density at radius 3 is 2.47 bits per heavy atom. The average molecular weight is 331 g/mol. The molecule has 4 rings (SSSR count). The Bertz CT molecular complexity index is 940. The Kier molecular flexibility index (Phi) is 2.38. The first kappa shape index (κ1) is 11.3. The van der Waals surface area contributed by atoms with E-state index >= 15 is 0 Å². The van der Waals surface area contributed by atoms with Crippen molar-refractivity contribution in [1.29, 1.82) is 0 Å². The highest BCUT2D eigenvalue weighted by Gasteiger charge is 2.10. The summed E-state index contributed by atoms with van der Waals surface area (Å²) in [6, 6.07) is 16.5. The Morgan fingerprint density at radius 2 is 1.63 bits per heavy atom. The summed E-state index contributed by atoms with van der Waals surface area (Å²) in [5, 5.41) is 5.62. The maximum atomic E-state index is 6.14. The lowest BCUT2D eigenvalue weighted by molar-refractivity contribution is 1.55. The third kappa shape index (κ3) is 1.60. The summed E-state index contributed by atoms with van der Waals surface area (Å²) in [7, 11) is 0. The molecule has 0 bridgehead atoms. The second-order valence-electron chi connectivity index (χ2n) is 4.64. The van der Waals surface area contributed by atoms with Crippen LogP contribution < -0.4 is 0 Å². The number of nitrogens with one attached hydrogen (secondary N) is 1. The van der Waals surface area contributed by atoms with Crippen molar-refractivity contribution in [1.82, 2.24) is 4.98 Å². The fraction of sp³-hybridized carbons (Fsp3) is 0. The van der Waals surface area contributed by atoms with Crippen molar-refractivity contribution >= 4 is 60.1 Å². The lowest BCUT2D eigenvalue weighted by atomic mass is 10.0. The standard InChI is InChI=1S/C16H9BrClN/c17-13-8-15-16(11-4-2-1-3-10(11)13)12-7-9(18)5-6-14(12)19-15/h1-8,19H. The van der Waals surface area contributed by atoms with Crippen LogP contribution in [0.15, 0.2) is 53.0 Å². The Labute approximate surface area is 123 Å². The van der Waals surface area contributed by atoms with Crippen molar-refractivity contribution in [3.05, 3.63) is 58.0 Å². The van der Waals surface area contributed by atoms with Crippen LogP contribution in [0.2, 0.25) is 5.02 Å². The molecular weight excluding hydrogens is 322 g/mol. The zero-order chi connectivity index (χ0) is 13.0. The van der Waals surface area contributed by atoms with E-state index in [9.17, 15) is 0 Å². The molecule has 1 nitrogen and oxygen atoms in total. The summed E-state index contributed by atoms with van der Waals surface area (Å²) in [6.07, 6.45) is 0. The number of aromatic amines is 1. The number of aromatic nitrogens is 1. The van der Waals surface area contributed by atoms with Gasteiger partial charge in [-0.05, 0) is 35.0 Å². The van der Waals surface area contributed by atoms with Crippen LogP contribution in [0.4, 0.5) is 0 Å². The van der Waals surface area contributed by atoms with Gasteiger partial charge in [-0.2, -0.15) is 0 Å². The molecule has 0 atom stereocenters. The number of halogens is 2. The van der Waals surface area contributed by atoms with Gasteiger partial charge in [0.05, 0.1) is 0 Å². The summed E-state index contributed by atoms with van der Waals surface area (Å²) in [5.41, 5.74) is 2.24. The van der Waals surface area contributed by atoms with E-state index in [0.717, 1.165) is 20.5 Å². The van der Waals surface area contributed by atoms with Crippen molar-refractivity contribution < 1.29 is 0 Å². The SMILES string of the molecule is Clc1ccc2[nH]c3cc(Br)c4ccccc4c3c2c1. The highest BCUT2D eigenvalue weighted by Crippen LogP contribution is 2.36. The number of rotatable bonds is 0. The van der Waals surface area contributed by atoms with Gasteiger partial charge in [0.2, 0.25) is 0 Å². The lowest BCUT2D eigenvalue weighted by Crippen LogP contribution is -1.77. The van der Waals surface area contributed by atoms with Gasteiger partial charge in [0.15, 0.2) is 0 Å².